The first kappa shape index (κ1) is 14.2. The average Bonchev–Trinajstić information content (AvgIpc) is 2.27. The van der Waals surface area contributed by atoms with Crippen LogP contribution in [0.15, 0.2) is 24.3 Å². The fourth-order valence-corrected chi connectivity index (χ4v) is 1.67. The summed E-state index contributed by atoms with van der Waals surface area (Å²) in [5.74, 6) is -1.40. The quantitative estimate of drug-likeness (QED) is 0.863. The van der Waals surface area contributed by atoms with Gasteiger partial charge in [-0.2, -0.15) is 0 Å². The molecule has 0 fully saturated rings. The highest BCUT2D eigenvalue weighted by Crippen LogP contribution is 2.25. The number of amides is 1. The summed E-state index contributed by atoms with van der Waals surface area (Å²) >= 11 is 0. The van der Waals surface area contributed by atoms with Gasteiger partial charge in [-0.05, 0) is 24.0 Å². The molecule has 1 atom stereocenters. The van der Waals surface area contributed by atoms with Crippen LogP contribution in [0.1, 0.15) is 43.6 Å². The Hall–Kier alpha value is -1.84. The van der Waals surface area contributed by atoms with Gasteiger partial charge in [-0.25, -0.2) is 0 Å². The Balaban J connectivity index is 3.03. The molecule has 1 amide bonds. The summed E-state index contributed by atoms with van der Waals surface area (Å²) in [6.45, 7) is 7.49. The van der Waals surface area contributed by atoms with Gasteiger partial charge in [0, 0.05) is 5.56 Å². The first-order valence-electron chi connectivity index (χ1n) is 5.86. The maximum absolute atomic E-state index is 12.1. The van der Waals surface area contributed by atoms with E-state index >= 15 is 0 Å². The fraction of sp³-hybridized carbons (Fsp3) is 0.429. The Kier molecular flexibility index (Phi) is 4.11. The summed E-state index contributed by atoms with van der Waals surface area (Å²) in [6.07, 6.45) is 0. The summed E-state index contributed by atoms with van der Waals surface area (Å²) in [7, 11) is 0. The van der Waals surface area contributed by atoms with Gasteiger partial charge >= 0.3 is 5.97 Å². The van der Waals surface area contributed by atoms with Crippen molar-refractivity contribution in [2.45, 2.75) is 39.2 Å². The molecule has 0 spiro atoms. The topological polar surface area (TPSA) is 66.4 Å². The van der Waals surface area contributed by atoms with E-state index < -0.39 is 12.0 Å². The van der Waals surface area contributed by atoms with E-state index in [4.69, 9.17) is 5.11 Å². The fourth-order valence-electron chi connectivity index (χ4n) is 1.67. The van der Waals surface area contributed by atoms with Crippen LogP contribution in [0.5, 0.6) is 0 Å². The summed E-state index contributed by atoms with van der Waals surface area (Å²) in [6, 6.07) is 6.35. The van der Waals surface area contributed by atoms with Crippen LogP contribution in [-0.4, -0.2) is 23.0 Å². The summed E-state index contributed by atoms with van der Waals surface area (Å²) in [5.41, 5.74) is 1.26. The van der Waals surface area contributed by atoms with Gasteiger partial charge in [0.05, 0.1) is 0 Å². The molecule has 0 aromatic heterocycles. The molecule has 0 unspecified atom stereocenters. The smallest absolute Gasteiger partial charge is 0.325 e. The van der Waals surface area contributed by atoms with Gasteiger partial charge < -0.3 is 10.4 Å². The highest BCUT2D eigenvalue weighted by Gasteiger charge is 2.23. The predicted molar refractivity (Wildman–Crippen MR) is 69.7 cm³/mol. The third-order valence-corrected chi connectivity index (χ3v) is 2.70. The minimum atomic E-state index is -1.04. The zero-order valence-corrected chi connectivity index (χ0v) is 11.2. The first-order valence-corrected chi connectivity index (χ1v) is 5.86. The Morgan fingerprint density at radius 1 is 1.22 bits per heavy atom. The molecule has 0 heterocycles. The number of carboxylic acids is 1. The molecule has 4 nitrogen and oxygen atoms in total. The highest BCUT2D eigenvalue weighted by atomic mass is 16.4. The van der Waals surface area contributed by atoms with Crippen LogP contribution in [0.2, 0.25) is 0 Å². The molecule has 1 aromatic rings. The molecule has 0 aliphatic heterocycles. The van der Waals surface area contributed by atoms with E-state index in [9.17, 15) is 9.59 Å². The van der Waals surface area contributed by atoms with Gasteiger partial charge in [0.2, 0.25) is 0 Å². The number of carbonyl (C=O) groups excluding carboxylic acids is 1. The van der Waals surface area contributed by atoms with Crippen molar-refractivity contribution in [1.82, 2.24) is 5.32 Å². The van der Waals surface area contributed by atoms with Gasteiger partial charge in [-0.15, -0.1) is 0 Å². The SMILES string of the molecule is C[C@@H](NC(=O)c1ccccc1C(C)(C)C)C(=O)O. The van der Waals surface area contributed by atoms with Crippen molar-refractivity contribution in [1.29, 1.82) is 0 Å². The van der Waals surface area contributed by atoms with Crippen LogP contribution >= 0.6 is 0 Å². The van der Waals surface area contributed by atoms with Gasteiger partial charge in [-0.3, -0.25) is 9.59 Å². The molecule has 1 aromatic carbocycles. The second-order valence-corrected chi connectivity index (χ2v) is 5.33. The van der Waals surface area contributed by atoms with Crippen LogP contribution < -0.4 is 5.32 Å². The highest BCUT2D eigenvalue weighted by molar-refractivity contribution is 5.98. The second-order valence-electron chi connectivity index (χ2n) is 5.33. The summed E-state index contributed by atoms with van der Waals surface area (Å²) in [5, 5.41) is 11.3. The minimum Gasteiger partial charge on any atom is -0.480 e. The number of carbonyl (C=O) groups is 2. The van der Waals surface area contributed by atoms with Crippen molar-refractivity contribution in [2.24, 2.45) is 0 Å². The average molecular weight is 249 g/mol. The van der Waals surface area contributed by atoms with Crippen molar-refractivity contribution >= 4 is 11.9 Å². The molecule has 0 saturated carbocycles. The van der Waals surface area contributed by atoms with Crippen molar-refractivity contribution in [2.75, 3.05) is 0 Å². The predicted octanol–water partition coefficient (Wildman–Crippen LogP) is 2.19. The zero-order chi connectivity index (χ0) is 13.9. The van der Waals surface area contributed by atoms with Crippen molar-refractivity contribution in [3.8, 4) is 0 Å². The lowest BCUT2D eigenvalue weighted by molar-refractivity contribution is -0.138. The molecule has 98 valence electrons. The Bertz CT molecular complexity index is 460. The monoisotopic (exact) mass is 249 g/mol. The van der Waals surface area contributed by atoms with Crippen LogP contribution in [0.25, 0.3) is 0 Å². The van der Waals surface area contributed by atoms with E-state index in [1.54, 1.807) is 12.1 Å². The lowest BCUT2D eigenvalue weighted by Crippen LogP contribution is -2.39. The molecule has 1 rings (SSSR count). The van der Waals surface area contributed by atoms with Gasteiger partial charge in [0.15, 0.2) is 0 Å². The molecule has 0 aliphatic carbocycles. The minimum absolute atomic E-state index is 0.166. The number of benzene rings is 1. The lowest BCUT2D eigenvalue weighted by atomic mass is 9.83. The van der Waals surface area contributed by atoms with Crippen molar-refractivity contribution in [3.63, 3.8) is 0 Å². The number of hydrogen-bond acceptors (Lipinski definition) is 2. The number of nitrogens with one attached hydrogen (secondary N) is 1. The van der Waals surface area contributed by atoms with E-state index in [0.717, 1.165) is 5.56 Å². The van der Waals surface area contributed by atoms with Gasteiger partial charge in [0.25, 0.3) is 5.91 Å². The Morgan fingerprint density at radius 3 is 2.28 bits per heavy atom. The Morgan fingerprint density at radius 2 is 1.78 bits per heavy atom. The van der Waals surface area contributed by atoms with Crippen LogP contribution in [0.3, 0.4) is 0 Å². The summed E-state index contributed by atoms with van der Waals surface area (Å²) in [4.78, 5) is 22.8. The molecular formula is C14H19NO3. The maximum Gasteiger partial charge on any atom is 0.325 e. The normalized spacial score (nSPS) is 12.9. The van der Waals surface area contributed by atoms with Gasteiger partial charge in [-0.1, -0.05) is 39.0 Å². The molecule has 0 radical (unpaired) electrons. The molecular weight excluding hydrogens is 230 g/mol. The number of hydrogen-bond donors (Lipinski definition) is 2. The van der Waals surface area contributed by atoms with E-state index in [1.165, 1.54) is 6.92 Å². The largest absolute Gasteiger partial charge is 0.480 e. The maximum atomic E-state index is 12.1. The second kappa shape index (κ2) is 5.21. The lowest BCUT2D eigenvalue weighted by Gasteiger charge is -2.22. The van der Waals surface area contributed by atoms with Crippen LogP contribution in [0.4, 0.5) is 0 Å². The number of carboxylic acid groups (broad SMARTS) is 1. The zero-order valence-electron chi connectivity index (χ0n) is 11.2. The molecule has 4 heteroatoms. The molecule has 18 heavy (non-hydrogen) atoms. The molecule has 0 bridgehead atoms. The molecule has 2 N–H and O–H groups in total. The molecule has 0 saturated heterocycles. The van der Waals surface area contributed by atoms with Crippen molar-refractivity contribution in [3.05, 3.63) is 35.4 Å². The standard InChI is InChI=1S/C14H19NO3/c1-9(13(17)18)15-12(16)10-7-5-6-8-11(10)14(2,3)4/h5-9H,1-4H3,(H,15,16)(H,17,18)/t9-/m1/s1. The Labute approximate surface area is 107 Å². The van der Waals surface area contributed by atoms with Gasteiger partial charge in [0.1, 0.15) is 6.04 Å². The third-order valence-electron chi connectivity index (χ3n) is 2.70. The van der Waals surface area contributed by atoms with E-state index in [2.05, 4.69) is 5.32 Å². The van der Waals surface area contributed by atoms with Crippen molar-refractivity contribution < 1.29 is 14.7 Å². The third kappa shape index (κ3) is 3.32. The first-order chi connectivity index (χ1) is 8.23. The molecule has 0 aliphatic rings. The van der Waals surface area contributed by atoms with Crippen LogP contribution in [0, 0.1) is 0 Å². The van der Waals surface area contributed by atoms with E-state index in [-0.39, 0.29) is 11.3 Å². The van der Waals surface area contributed by atoms with E-state index in [1.807, 2.05) is 32.9 Å². The van der Waals surface area contributed by atoms with Crippen LogP contribution in [-0.2, 0) is 10.2 Å². The number of rotatable bonds is 3. The summed E-state index contributed by atoms with van der Waals surface area (Å²) < 4.78 is 0. The van der Waals surface area contributed by atoms with E-state index in [0.29, 0.717) is 5.56 Å². The number of aliphatic carboxylic acids is 1.